The third-order valence-corrected chi connectivity index (χ3v) is 2.32. The van der Waals surface area contributed by atoms with E-state index in [4.69, 9.17) is 0 Å². The smallest absolute Gasteiger partial charge is 0.0818 e. The zero-order valence-corrected chi connectivity index (χ0v) is 8.69. The van der Waals surface area contributed by atoms with Crippen LogP contribution in [0.15, 0.2) is 35.3 Å². The van der Waals surface area contributed by atoms with Gasteiger partial charge in [0.05, 0.1) is 16.4 Å². The van der Waals surface area contributed by atoms with Crippen LogP contribution in [0.2, 0.25) is 0 Å². The molecule has 0 radical (unpaired) electrons. The molecule has 2 heterocycles. The summed E-state index contributed by atoms with van der Waals surface area (Å²) in [6, 6.07) is 1.91. The molecule has 13 heavy (non-hydrogen) atoms. The van der Waals surface area contributed by atoms with Gasteiger partial charge in [-0.25, -0.2) is 4.68 Å². The normalized spacial score (nSPS) is 10.3. The van der Waals surface area contributed by atoms with Gasteiger partial charge in [0, 0.05) is 18.6 Å². The summed E-state index contributed by atoms with van der Waals surface area (Å²) in [5.74, 6) is 0. The van der Waals surface area contributed by atoms with Crippen molar-refractivity contribution in [1.82, 2.24) is 14.8 Å². The summed E-state index contributed by atoms with van der Waals surface area (Å²) in [6.45, 7) is 2.01. The molecule has 2 aromatic rings. The van der Waals surface area contributed by atoms with Gasteiger partial charge in [-0.05, 0) is 34.5 Å². The van der Waals surface area contributed by atoms with E-state index < -0.39 is 0 Å². The summed E-state index contributed by atoms with van der Waals surface area (Å²) in [5, 5.41) is 4.21. The molecule has 2 aromatic heterocycles. The molecule has 0 N–H and O–H groups in total. The minimum atomic E-state index is 0.943. The quantitative estimate of drug-likeness (QED) is 0.763. The van der Waals surface area contributed by atoms with Gasteiger partial charge in [0.15, 0.2) is 0 Å². The molecular weight excluding hydrogens is 230 g/mol. The van der Waals surface area contributed by atoms with Gasteiger partial charge >= 0.3 is 0 Å². The summed E-state index contributed by atoms with van der Waals surface area (Å²) >= 11 is 3.42. The maximum absolute atomic E-state index is 4.21. The predicted molar refractivity (Wildman–Crippen MR) is 53.8 cm³/mol. The first kappa shape index (κ1) is 8.44. The SMILES string of the molecule is Cc1cnn(-c2ccncc2Br)c1. The van der Waals surface area contributed by atoms with Crippen LogP contribution in [0.5, 0.6) is 0 Å². The highest BCUT2D eigenvalue weighted by Gasteiger charge is 2.01. The average Bonchev–Trinajstić information content (AvgIpc) is 2.53. The third kappa shape index (κ3) is 1.62. The van der Waals surface area contributed by atoms with E-state index in [2.05, 4.69) is 26.0 Å². The highest BCUT2D eigenvalue weighted by molar-refractivity contribution is 9.10. The van der Waals surface area contributed by atoms with Gasteiger partial charge in [0.2, 0.25) is 0 Å². The Hall–Kier alpha value is -1.16. The minimum absolute atomic E-state index is 0.943. The number of nitrogens with zero attached hydrogens (tertiary/aromatic N) is 3. The molecule has 0 saturated heterocycles. The van der Waals surface area contributed by atoms with Crippen LogP contribution >= 0.6 is 15.9 Å². The van der Waals surface area contributed by atoms with Crippen molar-refractivity contribution in [1.29, 1.82) is 0 Å². The first-order valence-electron chi connectivity index (χ1n) is 3.88. The van der Waals surface area contributed by atoms with Gasteiger partial charge in [-0.2, -0.15) is 5.10 Å². The molecule has 0 spiro atoms. The number of pyridine rings is 1. The van der Waals surface area contributed by atoms with Gasteiger partial charge in [-0.15, -0.1) is 0 Å². The van der Waals surface area contributed by atoms with Crippen LogP contribution in [0.1, 0.15) is 5.56 Å². The molecule has 0 bridgehead atoms. The van der Waals surface area contributed by atoms with Crippen LogP contribution in [-0.2, 0) is 0 Å². The number of hydrogen-bond donors (Lipinski definition) is 0. The number of hydrogen-bond acceptors (Lipinski definition) is 2. The van der Waals surface area contributed by atoms with Gasteiger partial charge in [0.25, 0.3) is 0 Å². The molecular formula is C9H8BrN3. The van der Waals surface area contributed by atoms with Crippen molar-refractivity contribution < 1.29 is 0 Å². The second-order valence-electron chi connectivity index (χ2n) is 2.79. The Morgan fingerprint density at radius 3 is 2.85 bits per heavy atom. The summed E-state index contributed by atoms with van der Waals surface area (Å²) in [4.78, 5) is 3.99. The molecule has 0 amide bonds. The molecule has 0 fully saturated rings. The standard InChI is InChI=1S/C9H8BrN3/c1-7-4-12-13(6-7)9-2-3-11-5-8(9)10/h2-6H,1H3. The Labute approximate surface area is 84.5 Å². The van der Waals surface area contributed by atoms with Crippen molar-refractivity contribution in [2.75, 3.05) is 0 Å². The second-order valence-corrected chi connectivity index (χ2v) is 3.64. The molecule has 0 aliphatic rings. The fraction of sp³-hybridized carbons (Fsp3) is 0.111. The summed E-state index contributed by atoms with van der Waals surface area (Å²) in [5.41, 5.74) is 2.15. The van der Waals surface area contributed by atoms with Gasteiger partial charge < -0.3 is 0 Å². The molecule has 0 atom stereocenters. The Morgan fingerprint density at radius 2 is 2.23 bits per heavy atom. The van der Waals surface area contributed by atoms with E-state index >= 15 is 0 Å². The summed E-state index contributed by atoms with van der Waals surface area (Å²) < 4.78 is 2.76. The van der Waals surface area contributed by atoms with Crippen molar-refractivity contribution in [2.24, 2.45) is 0 Å². The molecule has 0 aromatic carbocycles. The maximum Gasteiger partial charge on any atom is 0.0818 e. The van der Waals surface area contributed by atoms with Crippen LogP contribution < -0.4 is 0 Å². The Kier molecular flexibility index (Phi) is 2.14. The van der Waals surface area contributed by atoms with Crippen molar-refractivity contribution in [3.8, 4) is 5.69 Å². The second kappa shape index (κ2) is 3.30. The average molecular weight is 238 g/mol. The third-order valence-electron chi connectivity index (χ3n) is 1.71. The summed E-state index contributed by atoms with van der Waals surface area (Å²) in [7, 11) is 0. The lowest BCUT2D eigenvalue weighted by molar-refractivity contribution is 0.872. The topological polar surface area (TPSA) is 30.7 Å². The molecule has 66 valence electrons. The fourth-order valence-electron chi connectivity index (χ4n) is 1.10. The first-order chi connectivity index (χ1) is 6.27. The van der Waals surface area contributed by atoms with Crippen LogP contribution in [0.4, 0.5) is 0 Å². The number of aromatic nitrogens is 3. The highest BCUT2D eigenvalue weighted by Crippen LogP contribution is 2.18. The number of aryl methyl sites for hydroxylation is 1. The van der Waals surface area contributed by atoms with Crippen molar-refractivity contribution in [2.45, 2.75) is 6.92 Å². The van der Waals surface area contributed by atoms with E-state index in [0.29, 0.717) is 0 Å². The van der Waals surface area contributed by atoms with Crippen LogP contribution in [0, 0.1) is 6.92 Å². The maximum atomic E-state index is 4.21. The molecule has 2 rings (SSSR count). The van der Waals surface area contributed by atoms with E-state index in [-0.39, 0.29) is 0 Å². The molecule has 3 nitrogen and oxygen atoms in total. The lowest BCUT2D eigenvalue weighted by Gasteiger charge is -2.01. The van der Waals surface area contributed by atoms with Crippen molar-refractivity contribution in [3.05, 3.63) is 40.9 Å². The van der Waals surface area contributed by atoms with E-state index in [9.17, 15) is 0 Å². The van der Waals surface area contributed by atoms with Gasteiger partial charge in [0.1, 0.15) is 0 Å². The molecule has 0 aliphatic carbocycles. The molecule has 0 saturated carbocycles. The van der Waals surface area contributed by atoms with Crippen molar-refractivity contribution >= 4 is 15.9 Å². The van der Waals surface area contributed by atoms with Crippen LogP contribution in [0.25, 0.3) is 5.69 Å². The Bertz CT molecular complexity index is 422. The highest BCUT2D eigenvalue weighted by atomic mass is 79.9. The number of rotatable bonds is 1. The monoisotopic (exact) mass is 237 g/mol. The van der Waals surface area contributed by atoms with E-state index in [1.807, 2.05) is 30.1 Å². The molecule has 4 heteroatoms. The van der Waals surface area contributed by atoms with Crippen LogP contribution in [-0.4, -0.2) is 14.8 Å². The van der Waals surface area contributed by atoms with Crippen LogP contribution in [0.3, 0.4) is 0 Å². The lowest BCUT2D eigenvalue weighted by atomic mass is 10.4. The van der Waals surface area contributed by atoms with Crippen molar-refractivity contribution in [3.63, 3.8) is 0 Å². The zero-order chi connectivity index (χ0) is 9.26. The van der Waals surface area contributed by atoms with E-state index in [0.717, 1.165) is 15.7 Å². The molecule has 0 unspecified atom stereocenters. The summed E-state index contributed by atoms with van der Waals surface area (Å²) in [6.07, 6.45) is 7.30. The lowest BCUT2D eigenvalue weighted by Crippen LogP contribution is -1.95. The largest absolute Gasteiger partial charge is 0.263 e. The Balaban J connectivity index is 2.52. The zero-order valence-electron chi connectivity index (χ0n) is 7.11. The predicted octanol–water partition coefficient (Wildman–Crippen LogP) is 2.34. The van der Waals surface area contributed by atoms with Gasteiger partial charge in [-0.3, -0.25) is 4.98 Å². The van der Waals surface area contributed by atoms with Gasteiger partial charge in [-0.1, -0.05) is 0 Å². The van der Waals surface area contributed by atoms with E-state index in [1.54, 1.807) is 12.4 Å². The number of halogens is 1. The minimum Gasteiger partial charge on any atom is -0.263 e. The fourth-order valence-corrected chi connectivity index (χ4v) is 1.53. The van der Waals surface area contributed by atoms with E-state index in [1.165, 1.54) is 0 Å². The first-order valence-corrected chi connectivity index (χ1v) is 4.68. The molecule has 0 aliphatic heterocycles. The Morgan fingerprint density at radius 1 is 1.38 bits per heavy atom.